The summed E-state index contributed by atoms with van der Waals surface area (Å²) in [7, 11) is 0. The summed E-state index contributed by atoms with van der Waals surface area (Å²) in [5, 5.41) is 0. The lowest BCUT2D eigenvalue weighted by molar-refractivity contribution is 0.296. The van der Waals surface area contributed by atoms with Gasteiger partial charge in [-0.3, -0.25) is 4.99 Å². The third-order valence-electron chi connectivity index (χ3n) is 2.90. The Balaban J connectivity index is 2.28. The Bertz CT molecular complexity index is 697. The van der Waals surface area contributed by atoms with Gasteiger partial charge in [0.2, 0.25) is 0 Å². The summed E-state index contributed by atoms with van der Waals surface area (Å²) in [4.78, 5) is 4.48. The Kier molecular flexibility index (Phi) is 6.86. The van der Waals surface area contributed by atoms with Crippen LogP contribution < -0.4 is 9.47 Å². The van der Waals surface area contributed by atoms with Crippen molar-refractivity contribution in [2.75, 3.05) is 13.2 Å². The Morgan fingerprint density at radius 3 is 2.43 bits per heavy atom. The molecule has 0 atom stereocenters. The number of hydrogen-bond donors (Lipinski definition) is 0. The molecule has 2 aromatic rings. The molecule has 0 spiro atoms. The Morgan fingerprint density at radius 2 is 1.78 bits per heavy atom. The smallest absolute Gasteiger partial charge is 0.162 e. The standard InChI is InChI=1S/C18H17Br2NO2/c1-3-9-23-18-11-16(20)13(10-17(18)22-4-2)12-21-15-7-5-14(19)6-8-15/h3,5-8,10-12H,1,4,9H2,2H3. The molecule has 0 saturated heterocycles. The topological polar surface area (TPSA) is 30.8 Å². The van der Waals surface area contributed by atoms with Gasteiger partial charge in [-0.25, -0.2) is 0 Å². The molecule has 5 heteroatoms. The van der Waals surface area contributed by atoms with E-state index < -0.39 is 0 Å². The molecule has 0 fully saturated rings. The van der Waals surface area contributed by atoms with Gasteiger partial charge in [0.25, 0.3) is 0 Å². The Labute approximate surface area is 153 Å². The maximum atomic E-state index is 5.65. The largest absolute Gasteiger partial charge is 0.490 e. The molecule has 120 valence electrons. The van der Waals surface area contributed by atoms with E-state index in [0.717, 1.165) is 20.2 Å². The molecule has 2 rings (SSSR count). The van der Waals surface area contributed by atoms with Crippen LogP contribution in [0.2, 0.25) is 0 Å². The van der Waals surface area contributed by atoms with Crippen LogP contribution in [0.3, 0.4) is 0 Å². The van der Waals surface area contributed by atoms with Crippen molar-refractivity contribution in [3.63, 3.8) is 0 Å². The summed E-state index contributed by atoms with van der Waals surface area (Å²) in [6.45, 7) is 6.59. The Hall–Kier alpha value is -1.59. The van der Waals surface area contributed by atoms with Gasteiger partial charge >= 0.3 is 0 Å². The third kappa shape index (κ3) is 5.22. The molecule has 0 aromatic heterocycles. The van der Waals surface area contributed by atoms with Crippen LogP contribution >= 0.6 is 31.9 Å². The summed E-state index contributed by atoms with van der Waals surface area (Å²) in [6.07, 6.45) is 3.50. The normalized spacial score (nSPS) is 10.7. The zero-order valence-corrected chi connectivity index (χ0v) is 15.9. The molecule has 0 aliphatic carbocycles. The molecule has 0 saturated carbocycles. The quantitative estimate of drug-likeness (QED) is 0.396. The number of ether oxygens (including phenoxy) is 2. The van der Waals surface area contributed by atoms with Gasteiger partial charge in [-0.05, 0) is 59.3 Å². The lowest BCUT2D eigenvalue weighted by atomic mass is 10.2. The second-order valence-corrected chi connectivity index (χ2v) is 6.36. The van der Waals surface area contributed by atoms with E-state index in [-0.39, 0.29) is 0 Å². The molecule has 0 aliphatic heterocycles. The van der Waals surface area contributed by atoms with Crippen LogP contribution in [0.5, 0.6) is 11.5 Å². The van der Waals surface area contributed by atoms with Crippen molar-refractivity contribution in [2.24, 2.45) is 4.99 Å². The highest BCUT2D eigenvalue weighted by molar-refractivity contribution is 9.10. The van der Waals surface area contributed by atoms with Crippen LogP contribution in [0.15, 0.2) is 63.0 Å². The molecule has 2 aromatic carbocycles. The maximum Gasteiger partial charge on any atom is 0.162 e. The van der Waals surface area contributed by atoms with Crippen LogP contribution in [0.25, 0.3) is 0 Å². The number of hydrogen-bond acceptors (Lipinski definition) is 3. The maximum absolute atomic E-state index is 5.65. The summed E-state index contributed by atoms with van der Waals surface area (Å²) >= 11 is 6.96. The third-order valence-corrected chi connectivity index (χ3v) is 4.11. The van der Waals surface area contributed by atoms with E-state index in [4.69, 9.17) is 9.47 Å². The summed E-state index contributed by atoms with van der Waals surface area (Å²) in [5.74, 6) is 1.37. The number of halogens is 2. The van der Waals surface area contributed by atoms with Gasteiger partial charge in [0.05, 0.1) is 12.3 Å². The predicted octanol–water partition coefficient (Wildman–Crippen LogP) is 5.93. The highest BCUT2D eigenvalue weighted by atomic mass is 79.9. The van der Waals surface area contributed by atoms with Gasteiger partial charge in [-0.2, -0.15) is 0 Å². The van der Waals surface area contributed by atoms with Crippen molar-refractivity contribution in [3.8, 4) is 11.5 Å². The first-order chi connectivity index (χ1) is 11.1. The van der Waals surface area contributed by atoms with E-state index in [1.807, 2.05) is 43.3 Å². The molecule has 0 unspecified atom stereocenters. The molecular formula is C18H17Br2NO2. The van der Waals surface area contributed by atoms with E-state index in [9.17, 15) is 0 Å². The van der Waals surface area contributed by atoms with Crippen LogP contribution in [-0.4, -0.2) is 19.4 Å². The molecule has 0 bridgehead atoms. The van der Waals surface area contributed by atoms with E-state index in [1.165, 1.54) is 0 Å². The first-order valence-electron chi connectivity index (χ1n) is 7.13. The van der Waals surface area contributed by atoms with Gasteiger partial charge in [0.1, 0.15) is 6.61 Å². The molecule has 0 amide bonds. The molecule has 0 radical (unpaired) electrons. The van der Waals surface area contributed by atoms with Crippen LogP contribution in [-0.2, 0) is 0 Å². The fourth-order valence-corrected chi connectivity index (χ4v) is 2.54. The first kappa shape index (κ1) is 17.8. The fourth-order valence-electron chi connectivity index (χ4n) is 1.85. The van der Waals surface area contributed by atoms with E-state index >= 15 is 0 Å². The van der Waals surface area contributed by atoms with Crippen molar-refractivity contribution < 1.29 is 9.47 Å². The van der Waals surface area contributed by atoms with Crippen LogP contribution in [0, 0.1) is 0 Å². The number of aliphatic imine (C=N–C) groups is 1. The summed E-state index contributed by atoms with van der Waals surface area (Å²) < 4.78 is 13.2. The minimum absolute atomic E-state index is 0.429. The van der Waals surface area contributed by atoms with E-state index in [1.54, 1.807) is 12.3 Å². The molecular weight excluding hydrogens is 422 g/mol. The minimum atomic E-state index is 0.429. The average Bonchev–Trinajstić information content (AvgIpc) is 2.55. The van der Waals surface area contributed by atoms with Crippen LogP contribution in [0.1, 0.15) is 12.5 Å². The zero-order chi connectivity index (χ0) is 16.7. The minimum Gasteiger partial charge on any atom is -0.490 e. The molecule has 0 N–H and O–H groups in total. The lowest BCUT2D eigenvalue weighted by Crippen LogP contribution is -2.00. The van der Waals surface area contributed by atoms with Crippen molar-refractivity contribution in [1.82, 2.24) is 0 Å². The average molecular weight is 439 g/mol. The highest BCUT2D eigenvalue weighted by Gasteiger charge is 2.09. The van der Waals surface area contributed by atoms with Gasteiger partial charge in [-0.1, -0.05) is 28.6 Å². The second kappa shape index (κ2) is 8.89. The lowest BCUT2D eigenvalue weighted by Gasteiger charge is -2.12. The van der Waals surface area contributed by atoms with Crippen molar-refractivity contribution in [2.45, 2.75) is 6.92 Å². The number of rotatable bonds is 7. The SMILES string of the molecule is C=CCOc1cc(Br)c(C=Nc2ccc(Br)cc2)cc1OCC. The summed E-state index contributed by atoms with van der Waals surface area (Å²) in [5.41, 5.74) is 1.80. The van der Waals surface area contributed by atoms with Crippen molar-refractivity contribution >= 4 is 43.8 Å². The monoisotopic (exact) mass is 437 g/mol. The van der Waals surface area contributed by atoms with E-state index in [0.29, 0.717) is 24.7 Å². The van der Waals surface area contributed by atoms with Gasteiger partial charge in [0, 0.05) is 20.7 Å². The molecule has 3 nitrogen and oxygen atoms in total. The Morgan fingerprint density at radius 1 is 1.09 bits per heavy atom. The summed E-state index contributed by atoms with van der Waals surface area (Å²) in [6, 6.07) is 11.6. The van der Waals surface area contributed by atoms with E-state index in [2.05, 4.69) is 43.4 Å². The number of benzene rings is 2. The zero-order valence-electron chi connectivity index (χ0n) is 12.8. The second-order valence-electron chi connectivity index (χ2n) is 4.59. The fraction of sp³-hybridized carbons (Fsp3) is 0.167. The van der Waals surface area contributed by atoms with Gasteiger partial charge < -0.3 is 9.47 Å². The number of nitrogens with zero attached hydrogens (tertiary/aromatic N) is 1. The van der Waals surface area contributed by atoms with Gasteiger partial charge in [-0.15, -0.1) is 0 Å². The van der Waals surface area contributed by atoms with Crippen LogP contribution in [0.4, 0.5) is 5.69 Å². The predicted molar refractivity (Wildman–Crippen MR) is 102 cm³/mol. The molecule has 23 heavy (non-hydrogen) atoms. The van der Waals surface area contributed by atoms with Gasteiger partial charge in [0.15, 0.2) is 11.5 Å². The molecule has 0 heterocycles. The molecule has 0 aliphatic rings. The van der Waals surface area contributed by atoms with Crippen molar-refractivity contribution in [1.29, 1.82) is 0 Å². The van der Waals surface area contributed by atoms with Crippen molar-refractivity contribution in [3.05, 3.63) is 63.6 Å². The first-order valence-corrected chi connectivity index (χ1v) is 8.72. The highest BCUT2D eigenvalue weighted by Crippen LogP contribution is 2.33.